The van der Waals surface area contributed by atoms with Crippen LogP contribution in [0.3, 0.4) is 0 Å². The molecule has 0 radical (unpaired) electrons. The summed E-state index contributed by atoms with van der Waals surface area (Å²) in [5.41, 5.74) is 1.22. The van der Waals surface area contributed by atoms with Crippen LogP contribution >= 0.6 is 0 Å². The first-order valence-corrected chi connectivity index (χ1v) is 7.12. The summed E-state index contributed by atoms with van der Waals surface area (Å²) < 4.78 is 7.46. The molecule has 1 aromatic carbocycles. The number of methoxy groups -OCH3 is 1. The maximum absolute atomic E-state index is 5.26. The number of aromatic nitrogens is 2. The SMILES string of the molecule is CCCn1ccnc1CNC(C)c1cccc(OC)c1. The Morgan fingerprint density at radius 3 is 3.00 bits per heavy atom. The Labute approximate surface area is 120 Å². The summed E-state index contributed by atoms with van der Waals surface area (Å²) >= 11 is 0. The van der Waals surface area contributed by atoms with Gasteiger partial charge in [0.1, 0.15) is 11.6 Å². The Kier molecular flexibility index (Phi) is 5.18. The quantitative estimate of drug-likeness (QED) is 0.842. The van der Waals surface area contributed by atoms with Gasteiger partial charge in [-0.1, -0.05) is 19.1 Å². The summed E-state index contributed by atoms with van der Waals surface area (Å²) in [4.78, 5) is 4.41. The van der Waals surface area contributed by atoms with E-state index in [0.717, 1.165) is 31.1 Å². The summed E-state index contributed by atoms with van der Waals surface area (Å²) in [6.45, 7) is 6.12. The number of imidazole rings is 1. The smallest absolute Gasteiger partial charge is 0.122 e. The molecule has 2 rings (SSSR count). The van der Waals surface area contributed by atoms with Crippen molar-refractivity contribution >= 4 is 0 Å². The first kappa shape index (κ1) is 14.6. The molecule has 1 N–H and O–H groups in total. The van der Waals surface area contributed by atoms with E-state index in [9.17, 15) is 0 Å². The van der Waals surface area contributed by atoms with Crippen LogP contribution in [0, 0.1) is 0 Å². The molecule has 4 heteroatoms. The molecular formula is C16H23N3O. The van der Waals surface area contributed by atoms with Gasteiger partial charge >= 0.3 is 0 Å². The molecular weight excluding hydrogens is 250 g/mol. The van der Waals surface area contributed by atoms with Crippen molar-refractivity contribution in [3.05, 3.63) is 48.0 Å². The second kappa shape index (κ2) is 7.10. The second-order valence-electron chi connectivity index (χ2n) is 4.92. The van der Waals surface area contributed by atoms with Crippen molar-refractivity contribution in [3.8, 4) is 5.75 Å². The van der Waals surface area contributed by atoms with E-state index in [1.54, 1.807) is 7.11 Å². The van der Waals surface area contributed by atoms with Crippen molar-refractivity contribution in [2.75, 3.05) is 7.11 Å². The molecule has 4 nitrogen and oxygen atoms in total. The number of ether oxygens (including phenoxy) is 1. The van der Waals surface area contributed by atoms with Gasteiger partial charge in [0.2, 0.25) is 0 Å². The Morgan fingerprint density at radius 2 is 2.25 bits per heavy atom. The minimum atomic E-state index is 0.261. The normalized spacial score (nSPS) is 12.3. The van der Waals surface area contributed by atoms with Gasteiger partial charge in [0, 0.05) is 25.0 Å². The fraction of sp³-hybridized carbons (Fsp3) is 0.438. The van der Waals surface area contributed by atoms with Crippen molar-refractivity contribution in [3.63, 3.8) is 0 Å². The molecule has 1 aromatic heterocycles. The molecule has 0 aliphatic heterocycles. The van der Waals surface area contributed by atoms with Crippen molar-refractivity contribution in [2.45, 2.75) is 39.4 Å². The molecule has 20 heavy (non-hydrogen) atoms. The largest absolute Gasteiger partial charge is 0.497 e. The fourth-order valence-corrected chi connectivity index (χ4v) is 2.22. The Bertz CT molecular complexity index is 536. The predicted molar refractivity (Wildman–Crippen MR) is 80.8 cm³/mol. The van der Waals surface area contributed by atoms with E-state index in [1.807, 2.05) is 24.5 Å². The molecule has 108 valence electrons. The molecule has 0 spiro atoms. The topological polar surface area (TPSA) is 39.1 Å². The third-order valence-corrected chi connectivity index (χ3v) is 3.43. The van der Waals surface area contributed by atoms with Crippen LogP contribution in [0.2, 0.25) is 0 Å². The molecule has 0 fully saturated rings. The second-order valence-corrected chi connectivity index (χ2v) is 4.92. The zero-order valence-corrected chi connectivity index (χ0v) is 12.5. The van der Waals surface area contributed by atoms with Crippen LogP contribution in [0.15, 0.2) is 36.7 Å². The van der Waals surface area contributed by atoms with Crippen LogP contribution in [0.1, 0.15) is 37.7 Å². The monoisotopic (exact) mass is 273 g/mol. The van der Waals surface area contributed by atoms with E-state index in [-0.39, 0.29) is 6.04 Å². The molecule has 0 saturated heterocycles. The standard InChI is InChI=1S/C16H23N3O/c1-4-9-19-10-8-17-16(19)12-18-13(2)14-6-5-7-15(11-14)20-3/h5-8,10-11,13,18H,4,9,12H2,1-3H3. The van der Waals surface area contributed by atoms with Gasteiger partial charge in [-0.3, -0.25) is 0 Å². The van der Waals surface area contributed by atoms with Crippen molar-refractivity contribution in [1.82, 2.24) is 14.9 Å². The number of hydrogen-bond donors (Lipinski definition) is 1. The number of nitrogens with zero attached hydrogens (tertiary/aromatic N) is 2. The van der Waals surface area contributed by atoms with Crippen LogP contribution < -0.4 is 10.1 Å². The van der Waals surface area contributed by atoms with E-state index in [1.165, 1.54) is 5.56 Å². The van der Waals surface area contributed by atoms with Gasteiger partial charge in [0.25, 0.3) is 0 Å². The lowest BCUT2D eigenvalue weighted by atomic mass is 10.1. The molecule has 0 bridgehead atoms. The van der Waals surface area contributed by atoms with Gasteiger partial charge in [-0.15, -0.1) is 0 Å². The summed E-state index contributed by atoms with van der Waals surface area (Å²) in [5, 5.41) is 3.51. The zero-order chi connectivity index (χ0) is 14.4. The highest BCUT2D eigenvalue weighted by Gasteiger charge is 2.08. The zero-order valence-electron chi connectivity index (χ0n) is 12.5. The summed E-state index contributed by atoms with van der Waals surface area (Å²) in [6, 6.07) is 8.42. The van der Waals surface area contributed by atoms with E-state index >= 15 is 0 Å². The Hall–Kier alpha value is -1.81. The Morgan fingerprint density at radius 1 is 1.40 bits per heavy atom. The van der Waals surface area contributed by atoms with Gasteiger partial charge in [-0.25, -0.2) is 4.98 Å². The molecule has 2 aromatic rings. The highest BCUT2D eigenvalue weighted by molar-refractivity contribution is 5.30. The van der Waals surface area contributed by atoms with E-state index in [2.05, 4.69) is 40.8 Å². The maximum atomic E-state index is 5.26. The minimum absolute atomic E-state index is 0.261. The highest BCUT2D eigenvalue weighted by Crippen LogP contribution is 2.19. The first-order valence-electron chi connectivity index (χ1n) is 7.12. The molecule has 1 unspecified atom stereocenters. The molecule has 1 heterocycles. The van der Waals surface area contributed by atoms with Crippen LogP contribution in [0.4, 0.5) is 0 Å². The van der Waals surface area contributed by atoms with E-state index in [0.29, 0.717) is 0 Å². The Balaban J connectivity index is 1.97. The van der Waals surface area contributed by atoms with Crippen LogP contribution in [0.25, 0.3) is 0 Å². The molecule has 0 aliphatic rings. The van der Waals surface area contributed by atoms with Crippen LogP contribution in [-0.2, 0) is 13.1 Å². The summed E-state index contributed by atoms with van der Waals surface area (Å²) in [6.07, 6.45) is 5.02. The van der Waals surface area contributed by atoms with Crippen molar-refractivity contribution in [2.24, 2.45) is 0 Å². The fourth-order valence-electron chi connectivity index (χ4n) is 2.22. The predicted octanol–water partition coefficient (Wildman–Crippen LogP) is 3.15. The average Bonchev–Trinajstić information content (AvgIpc) is 2.92. The average molecular weight is 273 g/mol. The van der Waals surface area contributed by atoms with Gasteiger partial charge < -0.3 is 14.6 Å². The number of hydrogen-bond acceptors (Lipinski definition) is 3. The lowest BCUT2D eigenvalue weighted by Gasteiger charge is -2.15. The number of benzene rings is 1. The molecule has 1 atom stereocenters. The summed E-state index contributed by atoms with van der Waals surface area (Å²) in [7, 11) is 1.69. The van der Waals surface area contributed by atoms with Gasteiger partial charge in [-0.05, 0) is 31.0 Å². The first-order chi connectivity index (χ1) is 9.74. The van der Waals surface area contributed by atoms with E-state index < -0.39 is 0 Å². The third kappa shape index (κ3) is 3.61. The van der Waals surface area contributed by atoms with Gasteiger partial charge in [0.15, 0.2) is 0 Å². The number of rotatable bonds is 7. The highest BCUT2D eigenvalue weighted by atomic mass is 16.5. The van der Waals surface area contributed by atoms with E-state index in [4.69, 9.17) is 4.74 Å². The van der Waals surface area contributed by atoms with Crippen molar-refractivity contribution < 1.29 is 4.74 Å². The van der Waals surface area contributed by atoms with Crippen LogP contribution in [0.5, 0.6) is 5.75 Å². The summed E-state index contributed by atoms with van der Waals surface area (Å²) in [5.74, 6) is 1.98. The number of aryl methyl sites for hydroxylation is 1. The lowest BCUT2D eigenvalue weighted by molar-refractivity contribution is 0.413. The molecule has 0 aliphatic carbocycles. The third-order valence-electron chi connectivity index (χ3n) is 3.43. The van der Waals surface area contributed by atoms with Gasteiger partial charge in [0.05, 0.1) is 13.7 Å². The molecule has 0 amide bonds. The van der Waals surface area contributed by atoms with Gasteiger partial charge in [-0.2, -0.15) is 0 Å². The van der Waals surface area contributed by atoms with Crippen LogP contribution in [-0.4, -0.2) is 16.7 Å². The lowest BCUT2D eigenvalue weighted by Crippen LogP contribution is -2.20. The number of nitrogens with one attached hydrogen (secondary N) is 1. The molecule has 0 saturated carbocycles. The van der Waals surface area contributed by atoms with Crippen molar-refractivity contribution in [1.29, 1.82) is 0 Å². The minimum Gasteiger partial charge on any atom is -0.497 e. The maximum Gasteiger partial charge on any atom is 0.122 e.